The van der Waals surface area contributed by atoms with Crippen LogP contribution in [0.25, 0.3) is 11.4 Å². The minimum atomic E-state index is 0.543. The van der Waals surface area contributed by atoms with Gasteiger partial charge in [0, 0.05) is 55.0 Å². The number of nitrogens with zero attached hydrogens (tertiary/aromatic N) is 5. The van der Waals surface area contributed by atoms with Gasteiger partial charge in [-0.05, 0) is 37.6 Å². The van der Waals surface area contributed by atoms with E-state index in [1.165, 1.54) is 18.5 Å². The highest BCUT2D eigenvalue weighted by Gasteiger charge is 2.23. The Morgan fingerprint density at radius 1 is 1.31 bits per heavy atom. The van der Waals surface area contributed by atoms with Crippen molar-refractivity contribution in [3.05, 3.63) is 53.1 Å². The van der Waals surface area contributed by atoms with E-state index in [0.29, 0.717) is 22.7 Å². The van der Waals surface area contributed by atoms with Crippen molar-refractivity contribution in [2.75, 3.05) is 19.6 Å². The fraction of sp³-hybridized carbons (Fsp3) is 0.421. The molecule has 0 bridgehead atoms. The molecule has 7 heteroatoms. The molecular formula is C19H22ClN5O. The molecular weight excluding hydrogens is 350 g/mol. The smallest absolute Gasteiger partial charge is 0.228 e. The molecule has 136 valence electrons. The Labute approximate surface area is 157 Å². The summed E-state index contributed by atoms with van der Waals surface area (Å²) in [5.74, 6) is 1.80. The molecule has 4 rings (SSSR count). The summed E-state index contributed by atoms with van der Waals surface area (Å²) in [4.78, 5) is 6.99. The molecule has 0 saturated carbocycles. The molecule has 0 radical (unpaired) electrons. The summed E-state index contributed by atoms with van der Waals surface area (Å²) in [6.07, 6.45) is 5.05. The predicted octanol–water partition coefficient (Wildman–Crippen LogP) is 3.55. The van der Waals surface area contributed by atoms with Crippen molar-refractivity contribution in [1.29, 1.82) is 0 Å². The van der Waals surface area contributed by atoms with Crippen molar-refractivity contribution in [3.8, 4) is 11.4 Å². The van der Waals surface area contributed by atoms with E-state index in [-0.39, 0.29) is 0 Å². The number of rotatable bonds is 5. The van der Waals surface area contributed by atoms with Gasteiger partial charge in [0.15, 0.2) is 0 Å². The van der Waals surface area contributed by atoms with E-state index in [0.717, 1.165) is 31.6 Å². The molecule has 0 N–H and O–H groups in total. The number of halogens is 1. The van der Waals surface area contributed by atoms with Crippen molar-refractivity contribution in [2.24, 2.45) is 7.05 Å². The molecule has 1 unspecified atom stereocenters. The van der Waals surface area contributed by atoms with Crippen LogP contribution in [0.2, 0.25) is 5.02 Å². The van der Waals surface area contributed by atoms with Gasteiger partial charge in [0.25, 0.3) is 0 Å². The highest BCUT2D eigenvalue weighted by molar-refractivity contribution is 6.30. The van der Waals surface area contributed by atoms with E-state index in [1.54, 1.807) is 0 Å². The lowest BCUT2D eigenvalue weighted by atomic mass is 9.94. The summed E-state index contributed by atoms with van der Waals surface area (Å²) in [6.45, 7) is 3.09. The summed E-state index contributed by atoms with van der Waals surface area (Å²) in [5, 5.41) is 9.06. The predicted molar refractivity (Wildman–Crippen MR) is 100 cm³/mol. The van der Waals surface area contributed by atoms with Gasteiger partial charge in [-0.2, -0.15) is 10.1 Å². The summed E-state index contributed by atoms with van der Waals surface area (Å²) >= 11 is 6.03. The Kier molecular flexibility index (Phi) is 5.04. The Morgan fingerprint density at radius 3 is 3.04 bits per heavy atom. The topological polar surface area (TPSA) is 60.0 Å². The third-order valence-corrected chi connectivity index (χ3v) is 5.21. The maximum atomic E-state index is 6.03. The number of hydrogen-bond donors (Lipinski definition) is 0. The molecule has 0 amide bonds. The first-order valence-electron chi connectivity index (χ1n) is 8.98. The zero-order chi connectivity index (χ0) is 17.9. The normalized spacial score (nSPS) is 18.3. The van der Waals surface area contributed by atoms with Crippen LogP contribution in [0.4, 0.5) is 0 Å². The molecule has 1 saturated heterocycles. The Bertz CT molecular complexity index is 874. The Hall–Kier alpha value is -2.18. The van der Waals surface area contributed by atoms with Crippen LogP contribution in [0.5, 0.6) is 0 Å². The summed E-state index contributed by atoms with van der Waals surface area (Å²) in [5.41, 5.74) is 2.19. The summed E-state index contributed by atoms with van der Waals surface area (Å²) < 4.78 is 7.41. The van der Waals surface area contributed by atoms with E-state index >= 15 is 0 Å². The van der Waals surface area contributed by atoms with E-state index in [1.807, 2.05) is 42.2 Å². The van der Waals surface area contributed by atoms with E-state index < -0.39 is 0 Å². The second-order valence-electron chi connectivity index (χ2n) is 6.79. The van der Waals surface area contributed by atoms with Crippen LogP contribution in [-0.4, -0.2) is 44.5 Å². The van der Waals surface area contributed by atoms with Gasteiger partial charge in [-0.25, -0.2) is 0 Å². The van der Waals surface area contributed by atoms with Crippen molar-refractivity contribution in [1.82, 2.24) is 24.8 Å². The summed E-state index contributed by atoms with van der Waals surface area (Å²) in [6, 6.07) is 9.63. The van der Waals surface area contributed by atoms with Gasteiger partial charge in [-0.3, -0.25) is 4.68 Å². The van der Waals surface area contributed by atoms with Crippen molar-refractivity contribution < 1.29 is 4.52 Å². The lowest BCUT2D eigenvalue weighted by molar-refractivity contribution is 0.200. The van der Waals surface area contributed by atoms with Gasteiger partial charge in [0.05, 0.1) is 0 Å². The van der Waals surface area contributed by atoms with Crippen LogP contribution in [0.3, 0.4) is 0 Å². The van der Waals surface area contributed by atoms with Crippen LogP contribution in [0.15, 0.2) is 41.1 Å². The molecule has 6 nitrogen and oxygen atoms in total. The number of aryl methyl sites for hydroxylation is 1. The second kappa shape index (κ2) is 7.60. The molecule has 1 atom stereocenters. The Morgan fingerprint density at radius 2 is 2.23 bits per heavy atom. The molecule has 1 aliphatic heterocycles. The fourth-order valence-corrected chi connectivity index (χ4v) is 3.83. The highest BCUT2D eigenvalue weighted by atomic mass is 35.5. The van der Waals surface area contributed by atoms with Gasteiger partial charge in [0.1, 0.15) is 0 Å². The molecule has 1 fully saturated rings. The zero-order valence-electron chi connectivity index (χ0n) is 14.8. The first-order valence-corrected chi connectivity index (χ1v) is 9.35. The zero-order valence-corrected chi connectivity index (χ0v) is 15.6. The van der Waals surface area contributed by atoms with Crippen molar-refractivity contribution in [2.45, 2.75) is 25.2 Å². The molecule has 1 aliphatic rings. The molecule has 3 heterocycles. The van der Waals surface area contributed by atoms with Crippen molar-refractivity contribution >= 4 is 11.6 Å². The molecule has 0 aliphatic carbocycles. The van der Waals surface area contributed by atoms with E-state index in [2.05, 4.69) is 26.2 Å². The quantitative estimate of drug-likeness (QED) is 0.686. The fourth-order valence-electron chi connectivity index (χ4n) is 3.64. The first-order chi connectivity index (χ1) is 12.7. The van der Waals surface area contributed by atoms with Crippen LogP contribution in [0.1, 0.15) is 30.3 Å². The van der Waals surface area contributed by atoms with Crippen LogP contribution in [0, 0.1) is 0 Å². The largest absolute Gasteiger partial charge is 0.339 e. The maximum absolute atomic E-state index is 6.03. The first kappa shape index (κ1) is 17.2. The highest BCUT2D eigenvalue weighted by Crippen LogP contribution is 2.26. The van der Waals surface area contributed by atoms with Gasteiger partial charge < -0.3 is 9.42 Å². The van der Waals surface area contributed by atoms with Gasteiger partial charge in [-0.1, -0.05) is 28.9 Å². The number of piperidine rings is 1. The second-order valence-corrected chi connectivity index (χ2v) is 7.23. The SMILES string of the molecule is Cn1nccc1C1CCCN(CCc2nc(-c3cccc(Cl)c3)no2)C1. The number of aromatic nitrogens is 4. The number of likely N-dealkylation sites (tertiary alicyclic amines) is 1. The molecule has 26 heavy (non-hydrogen) atoms. The average molecular weight is 372 g/mol. The third-order valence-electron chi connectivity index (χ3n) is 4.98. The van der Waals surface area contributed by atoms with Gasteiger partial charge >= 0.3 is 0 Å². The van der Waals surface area contributed by atoms with E-state index in [4.69, 9.17) is 16.1 Å². The maximum Gasteiger partial charge on any atom is 0.228 e. The summed E-state index contributed by atoms with van der Waals surface area (Å²) in [7, 11) is 2.02. The molecule has 2 aromatic heterocycles. The standard InChI is InChI=1S/C19H22ClN5O/c1-24-17(7-9-21-24)15-5-3-10-25(13-15)11-8-18-22-19(23-26-18)14-4-2-6-16(20)12-14/h2,4,6-7,9,12,15H,3,5,8,10-11,13H2,1H3. The van der Waals surface area contributed by atoms with Crippen molar-refractivity contribution in [3.63, 3.8) is 0 Å². The van der Waals surface area contributed by atoms with Crippen LogP contribution < -0.4 is 0 Å². The monoisotopic (exact) mass is 371 g/mol. The van der Waals surface area contributed by atoms with Gasteiger partial charge in [0.2, 0.25) is 11.7 Å². The average Bonchev–Trinajstić information content (AvgIpc) is 3.29. The molecule has 3 aromatic rings. The lowest BCUT2D eigenvalue weighted by Gasteiger charge is -2.32. The number of benzene rings is 1. The molecule has 1 aromatic carbocycles. The van der Waals surface area contributed by atoms with Crippen LogP contribution in [-0.2, 0) is 13.5 Å². The number of hydrogen-bond acceptors (Lipinski definition) is 5. The minimum Gasteiger partial charge on any atom is -0.339 e. The third kappa shape index (κ3) is 3.81. The van der Waals surface area contributed by atoms with Crippen LogP contribution >= 0.6 is 11.6 Å². The Balaban J connectivity index is 1.36. The molecule has 0 spiro atoms. The minimum absolute atomic E-state index is 0.543. The van der Waals surface area contributed by atoms with Gasteiger partial charge in [-0.15, -0.1) is 0 Å². The lowest BCUT2D eigenvalue weighted by Crippen LogP contribution is -2.36. The van der Waals surface area contributed by atoms with E-state index in [9.17, 15) is 0 Å².